The largest absolute Gasteiger partial charge is 0.333 e. The summed E-state index contributed by atoms with van der Waals surface area (Å²) in [4.78, 5) is 19.9. The Labute approximate surface area is 106 Å². The molecule has 0 saturated carbocycles. The Balaban J connectivity index is 2.17. The van der Waals surface area contributed by atoms with Gasteiger partial charge in [-0.3, -0.25) is 4.79 Å². The highest BCUT2D eigenvalue weighted by Crippen LogP contribution is 2.12. The second-order valence-electron chi connectivity index (χ2n) is 4.81. The van der Waals surface area contributed by atoms with Gasteiger partial charge in [-0.15, -0.1) is 0 Å². The molecule has 1 aliphatic heterocycles. The maximum atomic E-state index is 13.0. The average molecular weight is 251 g/mol. The molecule has 1 saturated heterocycles. The fraction of sp³-hybridized carbons (Fsp3) is 0.538. The van der Waals surface area contributed by atoms with Gasteiger partial charge in [0.2, 0.25) is 5.95 Å². The number of aromatic nitrogens is 1. The van der Waals surface area contributed by atoms with Gasteiger partial charge in [0, 0.05) is 19.1 Å². The van der Waals surface area contributed by atoms with Crippen LogP contribution in [0.25, 0.3) is 0 Å². The lowest BCUT2D eigenvalue weighted by molar-refractivity contribution is 0.0689. The van der Waals surface area contributed by atoms with E-state index in [-0.39, 0.29) is 17.6 Å². The van der Waals surface area contributed by atoms with Crippen molar-refractivity contribution < 1.29 is 9.18 Å². The van der Waals surface area contributed by atoms with Crippen molar-refractivity contribution in [2.75, 3.05) is 26.7 Å². The molecule has 0 bridgehead atoms. The van der Waals surface area contributed by atoms with Crippen molar-refractivity contribution in [1.82, 2.24) is 14.8 Å². The number of nitrogens with zero attached hydrogens (tertiary/aromatic N) is 3. The van der Waals surface area contributed by atoms with Gasteiger partial charge in [-0.05, 0) is 39.1 Å². The summed E-state index contributed by atoms with van der Waals surface area (Å²) < 4.78 is 13.0. The third-order valence-electron chi connectivity index (χ3n) is 3.24. The van der Waals surface area contributed by atoms with E-state index in [9.17, 15) is 9.18 Å². The molecule has 4 nitrogen and oxygen atoms in total. The predicted molar refractivity (Wildman–Crippen MR) is 66.8 cm³/mol. The van der Waals surface area contributed by atoms with Crippen LogP contribution in [-0.4, -0.2) is 53.4 Å². The normalized spacial score (nSPS) is 21.7. The summed E-state index contributed by atoms with van der Waals surface area (Å²) in [5, 5.41) is 0. The number of amides is 1. The summed E-state index contributed by atoms with van der Waals surface area (Å²) in [7, 11) is 2.05. The third kappa shape index (κ3) is 2.85. The Morgan fingerprint density at radius 1 is 1.44 bits per heavy atom. The summed E-state index contributed by atoms with van der Waals surface area (Å²) in [5.74, 6) is -0.794. The lowest BCUT2D eigenvalue weighted by atomic mass is 10.2. The SMILES string of the molecule is CC1CN(C)CCCN1C(=O)c1cccc(F)n1. The zero-order valence-corrected chi connectivity index (χ0v) is 10.8. The van der Waals surface area contributed by atoms with Gasteiger partial charge in [-0.2, -0.15) is 4.39 Å². The quantitative estimate of drug-likeness (QED) is 0.708. The van der Waals surface area contributed by atoms with Crippen molar-refractivity contribution >= 4 is 5.91 Å². The van der Waals surface area contributed by atoms with Gasteiger partial charge in [0.1, 0.15) is 5.69 Å². The summed E-state index contributed by atoms with van der Waals surface area (Å²) in [6, 6.07) is 4.45. The summed E-state index contributed by atoms with van der Waals surface area (Å²) >= 11 is 0. The number of pyridine rings is 1. The van der Waals surface area contributed by atoms with E-state index in [1.807, 2.05) is 14.0 Å². The second-order valence-corrected chi connectivity index (χ2v) is 4.81. The van der Waals surface area contributed by atoms with E-state index in [4.69, 9.17) is 0 Å². The van der Waals surface area contributed by atoms with Gasteiger partial charge < -0.3 is 9.80 Å². The summed E-state index contributed by atoms with van der Waals surface area (Å²) in [6.07, 6.45) is 0.932. The third-order valence-corrected chi connectivity index (χ3v) is 3.24. The smallest absolute Gasteiger partial charge is 0.272 e. The van der Waals surface area contributed by atoms with Crippen molar-refractivity contribution in [3.63, 3.8) is 0 Å². The van der Waals surface area contributed by atoms with Gasteiger partial charge in [0.05, 0.1) is 0 Å². The Morgan fingerprint density at radius 3 is 2.94 bits per heavy atom. The van der Waals surface area contributed by atoms with Gasteiger partial charge in [0.15, 0.2) is 0 Å². The van der Waals surface area contributed by atoms with E-state index in [1.165, 1.54) is 12.1 Å². The van der Waals surface area contributed by atoms with Crippen LogP contribution in [0, 0.1) is 5.95 Å². The lowest BCUT2D eigenvalue weighted by Gasteiger charge is -2.27. The van der Waals surface area contributed by atoms with E-state index >= 15 is 0 Å². The lowest BCUT2D eigenvalue weighted by Crippen LogP contribution is -2.42. The molecule has 1 atom stereocenters. The van der Waals surface area contributed by atoms with Crippen LogP contribution in [0.1, 0.15) is 23.8 Å². The van der Waals surface area contributed by atoms with Crippen molar-refractivity contribution in [2.24, 2.45) is 0 Å². The zero-order valence-electron chi connectivity index (χ0n) is 10.8. The Hall–Kier alpha value is -1.49. The molecule has 0 N–H and O–H groups in total. The van der Waals surface area contributed by atoms with Crippen molar-refractivity contribution in [2.45, 2.75) is 19.4 Å². The molecule has 1 amide bonds. The van der Waals surface area contributed by atoms with E-state index in [2.05, 4.69) is 9.88 Å². The molecule has 18 heavy (non-hydrogen) atoms. The van der Waals surface area contributed by atoms with Gasteiger partial charge >= 0.3 is 0 Å². The molecule has 2 rings (SSSR count). The van der Waals surface area contributed by atoms with E-state index in [0.717, 1.165) is 19.5 Å². The molecular formula is C13H18FN3O. The van der Waals surface area contributed by atoms with Gasteiger partial charge in [0.25, 0.3) is 5.91 Å². The minimum atomic E-state index is -0.611. The molecule has 1 aromatic rings. The van der Waals surface area contributed by atoms with Crippen LogP contribution in [0.3, 0.4) is 0 Å². The first-order valence-electron chi connectivity index (χ1n) is 6.20. The number of hydrogen-bond donors (Lipinski definition) is 0. The number of hydrogen-bond acceptors (Lipinski definition) is 3. The van der Waals surface area contributed by atoms with Crippen LogP contribution in [0.2, 0.25) is 0 Å². The van der Waals surface area contributed by atoms with Crippen molar-refractivity contribution in [3.05, 3.63) is 29.8 Å². The molecule has 2 heterocycles. The maximum Gasteiger partial charge on any atom is 0.272 e. The Morgan fingerprint density at radius 2 is 2.22 bits per heavy atom. The second kappa shape index (κ2) is 5.44. The van der Waals surface area contributed by atoms with E-state index < -0.39 is 5.95 Å². The minimum absolute atomic E-state index is 0.120. The van der Waals surface area contributed by atoms with Crippen LogP contribution in [-0.2, 0) is 0 Å². The van der Waals surface area contributed by atoms with Crippen LogP contribution < -0.4 is 0 Å². The number of likely N-dealkylation sites (N-methyl/N-ethyl adjacent to an activating group) is 1. The molecule has 0 radical (unpaired) electrons. The minimum Gasteiger partial charge on any atom is -0.333 e. The highest BCUT2D eigenvalue weighted by molar-refractivity contribution is 5.92. The Kier molecular flexibility index (Phi) is 3.91. The van der Waals surface area contributed by atoms with Crippen LogP contribution in [0.4, 0.5) is 4.39 Å². The molecule has 98 valence electrons. The average Bonchev–Trinajstić information content (AvgIpc) is 2.49. The highest BCUT2D eigenvalue weighted by atomic mass is 19.1. The number of rotatable bonds is 1. The van der Waals surface area contributed by atoms with E-state index in [0.29, 0.717) is 6.54 Å². The van der Waals surface area contributed by atoms with Crippen LogP contribution >= 0.6 is 0 Å². The number of carbonyl (C=O) groups excluding carboxylic acids is 1. The fourth-order valence-electron chi connectivity index (χ4n) is 2.35. The van der Waals surface area contributed by atoms with Crippen molar-refractivity contribution in [3.8, 4) is 0 Å². The fourth-order valence-corrected chi connectivity index (χ4v) is 2.35. The monoisotopic (exact) mass is 251 g/mol. The Bertz CT molecular complexity index is 438. The van der Waals surface area contributed by atoms with Gasteiger partial charge in [-0.25, -0.2) is 4.98 Å². The molecule has 1 unspecified atom stereocenters. The first-order valence-corrected chi connectivity index (χ1v) is 6.20. The molecule has 0 aliphatic carbocycles. The first kappa shape index (κ1) is 13.0. The molecular weight excluding hydrogens is 233 g/mol. The maximum absolute atomic E-state index is 13.0. The standard InChI is InChI=1S/C13H18FN3O/c1-10-9-16(2)7-4-8-17(10)13(18)11-5-3-6-12(14)15-11/h3,5-6,10H,4,7-9H2,1-2H3. The molecule has 0 spiro atoms. The number of halogens is 1. The highest BCUT2D eigenvalue weighted by Gasteiger charge is 2.25. The van der Waals surface area contributed by atoms with E-state index in [1.54, 1.807) is 11.0 Å². The van der Waals surface area contributed by atoms with Crippen molar-refractivity contribution in [1.29, 1.82) is 0 Å². The molecule has 0 aromatic carbocycles. The van der Waals surface area contributed by atoms with Gasteiger partial charge in [-0.1, -0.05) is 6.07 Å². The number of carbonyl (C=O) groups is 1. The summed E-state index contributed by atoms with van der Waals surface area (Å²) in [6.45, 7) is 4.52. The molecule has 5 heteroatoms. The first-order chi connectivity index (χ1) is 8.58. The van der Waals surface area contributed by atoms with Crippen LogP contribution in [0.15, 0.2) is 18.2 Å². The summed E-state index contributed by atoms with van der Waals surface area (Å²) in [5.41, 5.74) is 0.186. The molecule has 1 aromatic heterocycles. The predicted octanol–water partition coefficient (Wildman–Crippen LogP) is 1.39. The topological polar surface area (TPSA) is 36.4 Å². The zero-order chi connectivity index (χ0) is 13.1. The molecule has 1 fully saturated rings. The van der Waals surface area contributed by atoms with Crippen LogP contribution in [0.5, 0.6) is 0 Å². The molecule has 1 aliphatic rings.